The molecule has 1 amide bonds. The molecule has 2 N–H and O–H groups in total. The molecule has 0 atom stereocenters. The number of rotatable bonds is 1. The zero-order valence-corrected chi connectivity index (χ0v) is 12.0. The number of aromatic nitrogens is 2. The first-order chi connectivity index (χ1) is 9.68. The number of amides is 1. The predicted molar refractivity (Wildman–Crippen MR) is 77.4 cm³/mol. The summed E-state index contributed by atoms with van der Waals surface area (Å²) in [4.78, 5) is 16.6. The van der Waals surface area contributed by atoms with Gasteiger partial charge in [0, 0.05) is 5.69 Å². The van der Waals surface area contributed by atoms with Crippen LogP contribution in [0.4, 0.5) is 0 Å². The van der Waals surface area contributed by atoms with Crippen molar-refractivity contribution >= 4 is 23.2 Å². The Hall–Kier alpha value is -1.55. The highest BCUT2D eigenvalue weighted by Crippen LogP contribution is 2.36. The number of carbonyl (C=O) groups is 1. The molecule has 0 aliphatic heterocycles. The number of imidazole rings is 1. The predicted octanol–water partition coefficient (Wildman–Crippen LogP) is 2.45. The molecular weight excluding hydrogens is 274 g/mol. The zero-order valence-electron chi connectivity index (χ0n) is 11.2. The van der Waals surface area contributed by atoms with Crippen molar-refractivity contribution in [2.45, 2.75) is 44.9 Å². The average molecular weight is 290 g/mol. The van der Waals surface area contributed by atoms with Crippen molar-refractivity contribution in [2.24, 2.45) is 5.73 Å². The Morgan fingerprint density at radius 3 is 2.65 bits per heavy atom. The molecule has 4 nitrogen and oxygen atoms in total. The number of aryl methyl sites for hydroxylation is 2. The molecule has 5 heteroatoms. The fourth-order valence-corrected chi connectivity index (χ4v) is 4.09. The highest BCUT2D eigenvalue weighted by atomic mass is 35.5. The fraction of sp³-hybridized carbons (Fsp3) is 0.467. The summed E-state index contributed by atoms with van der Waals surface area (Å²) in [6.07, 6.45) is 7.09. The second kappa shape index (κ2) is 4.22. The molecule has 0 saturated carbocycles. The number of primary amides is 1. The summed E-state index contributed by atoms with van der Waals surface area (Å²) in [5.74, 6) is -0.382. The highest BCUT2D eigenvalue weighted by molar-refractivity contribution is 6.31. The van der Waals surface area contributed by atoms with E-state index in [9.17, 15) is 4.79 Å². The van der Waals surface area contributed by atoms with Crippen LogP contribution >= 0.6 is 11.6 Å². The number of halogens is 1. The molecule has 0 unspecified atom stereocenters. The zero-order chi connectivity index (χ0) is 13.9. The van der Waals surface area contributed by atoms with Crippen LogP contribution in [0.5, 0.6) is 0 Å². The second-order valence-corrected chi connectivity index (χ2v) is 6.07. The van der Waals surface area contributed by atoms with E-state index < -0.39 is 0 Å². The molecule has 0 fully saturated rings. The Balaban J connectivity index is 2.16. The van der Waals surface area contributed by atoms with Gasteiger partial charge in [-0.05, 0) is 56.1 Å². The van der Waals surface area contributed by atoms with Gasteiger partial charge in [0.25, 0.3) is 5.91 Å². The quantitative estimate of drug-likeness (QED) is 0.820. The highest BCUT2D eigenvalue weighted by Gasteiger charge is 2.29. The molecule has 0 saturated heterocycles. The van der Waals surface area contributed by atoms with Crippen molar-refractivity contribution in [3.63, 3.8) is 0 Å². The lowest BCUT2D eigenvalue weighted by atomic mass is 10.0. The van der Waals surface area contributed by atoms with E-state index in [0.29, 0.717) is 11.2 Å². The molecule has 2 aliphatic carbocycles. The second-order valence-electron chi connectivity index (χ2n) is 5.71. The molecule has 0 bridgehead atoms. The molecular formula is C15H16ClN3O. The molecule has 4 rings (SSSR count). The van der Waals surface area contributed by atoms with E-state index in [4.69, 9.17) is 22.3 Å². The van der Waals surface area contributed by atoms with E-state index in [1.165, 1.54) is 5.69 Å². The fourth-order valence-electron chi connectivity index (χ4n) is 3.70. The maximum atomic E-state index is 11.9. The first kappa shape index (κ1) is 12.2. The number of nitrogens with two attached hydrogens (primary N) is 1. The summed E-state index contributed by atoms with van der Waals surface area (Å²) < 4.78 is 1.99. The molecule has 2 aromatic rings. The van der Waals surface area contributed by atoms with E-state index in [0.717, 1.165) is 66.9 Å². The van der Waals surface area contributed by atoms with Crippen LogP contribution in [-0.4, -0.2) is 15.3 Å². The molecule has 2 aromatic heterocycles. The summed E-state index contributed by atoms with van der Waals surface area (Å²) in [6.45, 7) is 0. The van der Waals surface area contributed by atoms with Crippen LogP contribution in [0.15, 0.2) is 0 Å². The van der Waals surface area contributed by atoms with Gasteiger partial charge in [0.2, 0.25) is 0 Å². The standard InChI is InChI=1S/C15H16ClN3O/c16-13-9-5-3-4-8(9)12(14(17)20)15-18-10-6-1-2-7-11(10)19(13)15/h1-7H2,(H2,17,20). The van der Waals surface area contributed by atoms with Gasteiger partial charge in [0.05, 0.1) is 11.3 Å². The molecule has 0 radical (unpaired) electrons. The summed E-state index contributed by atoms with van der Waals surface area (Å²) in [7, 11) is 0. The summed E-state index contributed by atoms with van der Waals surface area (Å²) >= 11 is 6.61. The lowest BCUT2D eigenvalue weighted by Gasteiger charge is -2.14. The first-order valence-electron chi connectivity index (χ1n) is 7.21. The number of pyridine rings is 1. The van der Waals surface area contributed by atoms with Crippen LogP contribution in [0.2, 0.25) is 5.15 Å². The summed E-state index contributed by atoms with van der Waals surface area (Å²) in [5.41, 5.74) is 11.3. The van der Waals surface area contributed by atoms with Gasteiger partial charge >= 0.3 is 0 Å². The summed E-state index contributed by atoms with van der Waals surface area (Å²) in [6, 6.07) is 0. The van der Waals surface area contributed by atoms with Crippen LogP contribution in [0.3, 0.4) is 0 Å². The Kier molecular flexibility index (Phi) is 2.58. The van der Waals surface area contributed by atoms with Crippen molar-refractivity contribution in [1.29, 1.82) is 0 Å². The van der Waals surface area contributed by atoms with Crippen LogP contribution in [0, 0.1) is 0 Å². The van der Waals surface area contributed by atoms with Gasteiger partial charge in [-0.15, -0.1) is 0 Å². The summed E-state index contributed by atoms with van der Waals surface area (Å²) in [5, 5.41) is 0.744. The largest absolute Gasteiger partial charge is 0.365 e. The van der Waals surface area contributed by atoms with E-state index >= 15 is 0 Å². The maximum Gasteiger partial charge on any atom is 0.252 e. The molecule has 20 heavy (non-hydrogen) atoms. The third kappa shape index (κ3) is 1.48. The van der Waals surface area contributed by atoms with Gasteiger partial charge in [0.1, 0.15) is 5.15 Å². The maximum absolute atomic E-state index is 11.9. The lowest BCUT2D eigenvalue weighted by Crippen LogP contribution is -2.17. The van der Waals surface area contributed by atoms with Gasteiger partial charge in [-0.1, -0.05) is 11.6 Å². The van der Waals surface area contributed by atoms with E-state index in [2.05, 4.69) is 0 Å². The third-order valence-corrected chi connectivity index (χ3v) is 4.96. The lowest BCUT2D eigenvalue weighted by molar-refractivity contribution is 0.100. The monoisotopic (exact) mass is 289 g/mol. The Bertz CT molecular complexity index is 748. The van der Waals surface area contributed by atoms with Gasteiger partial charge in [-0.25, -0.2) is 4.98 Å². The van der Waals surface area contributed by atoms with Crippen molar-refractivity contribution in [1.82, 2.24) is 9.38 Å². The number of nitrogens with zero attached hydrogens (tertiary/aromatic N) is 2. The molecule has 0 aromatic carbocycles. The van der Waals surface area contributed by atoms with E-state index in [1.807, 2.05) is 4.40 Å². The van der Waals surface area contributed by atoms with Gasteiger partial charge in [-0.3, -0.25) is 9.20 Å². The van der Waals surface area contributed by atoms with Crippen molar-refractivity contribution in [3.05, 3.63) is 33.2 Å². The van der Waals surface area contributed by atoms with Crippen LogP contribution in [0.25, 0.3) is 5.65 Å². The third-order valence-electron chi connectivity index (χ3n) is 4.57. The minimum absolute atomic E-state index is 0.382. The minimum atomic E-state index is -0.382. The smallest absolute Gasteiger partial charge is 0.252 e. The number of fused-ring (bicyclic) bond motifs is 4. The first-order valence-corrected chi connectivity index (χ1v) is 7.59. The molecule has 2 heterocycles. The van der Waals surface area contributed by atoms with Crippen molar-refractivity contribution in [2.75, 3.05) is 0 Å². The minimum Gasteiger partial charge on any atom is -0.365 e. The van der Waals surface area contributed by atoms with Gasteiger partial charge in [-0.2, -0.15) is 0 Å². The van der Waals surface area contributed by atoms with Gasteiger partial charge < -0.3 is 5.73 Å². The SMILES string of the molecule is NC(=O)c1c2c(c(Cl)n3c4c(nc13)CCCC4)CCC2. The Morgan fingerprint density at radius 1 is 1.10 bits per heavy atom. The molecule has 0 spiro atoms. The Morgan fingerprint density at radius 2 is 1.85 bits per heavy atom. The Labute approximate surface area is 121 Å². The normalized spacial score (nSPS) is 17.2. The average Bonchev–Trinajstić information content (AvgIpc) is 3.02. The van der Waals surface area contributed by atoms with E-state index in [1.54, 1.807) is 0 Å². The number of hydrogen-bond acceptors (Lipinski definition) is 2. The van der Waals surface area contributed by atoms with Crippen LogP contribution < -0.4 is 5.73 Å². The van der Waals surface area contributed by atoms with Gasteiger partial charge in [0.15, 0.2) is 5.65 Å². The van der Waals surface area contributed by atoms with Crippen molar-refractivity contribution in [3.8, 4) is 0 Å². The van der Waals surface area contributed by atoms with Crippen molar-refractivity contribution < 1.29 is 4.79 Å². The topological polar surface area (TPSA) is 60.4 Å². The molecule has 2 aliphatic rings. The molecule has 104 valence electrons. The number of carbonyl (C=O) groups excluding carboxylic acids is 1. The van der Waals surface area contributed by atoms with Crippen LogP contribution in [0.1, 0.15) is 52.1 Å². The van der Waals surface area contributed by atoms with E-state index in [-0.39, 0.29) is 5.91 Å². The van der Waals surface area contributed by atoms with Crippen LogP contribution in [-0.2, 0) is 25.7 Å². The number of hydrogen-bond donors (Lipinski definition) is 1.